The third-order valence-electron chi connectivity index (χ3n) is 4.64. The van der Waals surface area contributed by atoms with Crippen LogP contribution in [0.3, 0.4) is 0 Å². The van der Waals surface area contributed by atoms with Crippen molar-refractivity contribution < 1.29 is 9.47 Å². The van der Waals surface area contributed by atoms with Gasteiger partial charge in [-0.15, -0.1) is 35.3 Å². The van der Waals surface area contributed by atoms with E-state index >= 15 is 0 Å². The van der Waals surface area contributed by atoms with Crippen LogP contribution >= 0.6 is 35.3 Å². The molecule has 0 bridgehead atoms. The Morgan fingerprint density at radius 2 is 1.90 bits per heavy atom. The van der Waals surface area contributed by atoms with Crippen molar-refractivity contribution in [1.82, 2.24) is 15.6 Å². The first-order valence-corrected chi connectivity index (χ1v) is 10.4. The third kappa shape index (κ3) is 5.63. The number of aryl methyl sites for hydroxylation is 1. The number of aliphatic imine (C=N–C) groups is 1. The Balaban J connectivity index is 0.00000256. The summed E-state index contributed by atoms with van der Waals surface area (Å²) < 4.78 is 10.8. The van der Waals surface area contributed by atoms with Gasteiger partial charge in [0.25, 0.3) is 0 Å². The fourth-order valence-corrected chi connectivity index (χ4v) is 3.88. The van der Waals surface area contributed by atoms with Crippen molar-refractivity contribution in [3.8, 4) is 22.1 Å². The van der Waals surface area contributed by atoms with Crippen molar-refractivity contribution in [3.05, 3.63) is 64.7 Å². The monoisotopic (exact) mass is 536 g/mol. The first-order valence-electron chi connectivity index (χ1n) is 9.56. The Kier molecular flexibility index (Phi) is 7.92. The second-order valence-corrected chi connectivity index (χ2v) is 7.66. The van der Waals surface area contributed by atoms with Crippen LogP contribution in [0.5, 0.6) is 11.5 Å². The molecule has 0 amide bonds. The van der Waals surface area contributed by atoms with Crippen molar-refractivity contribution >= 4 is 41.3 Å². The van der Waals surface area contributed by atoms with Gasteiger partial charge in [0.05, 0.1) is 5.69 Å². The topological polar surface area (TPSA) is 67.8 Å². The number of benzene rings is 2. The van der Waals surface area contributed by atoms with Crippen LogP contribution in [0.25, 0.3) is 10.6 Å². The zero-order chi connectivity index (χ0) is 20.1. The Labute approximate surface area is 197 Å². The highest BCUT2D eigenvalue weighted by Gasteiger charge is 2.13. The molecule has 3 aromatic rings. The van der Waals surface area contributed by atoms with Gasteiger partial charge in [-0.1, -0.05) is 35.9 Å². The maximum Gasteiger partial charge on any atom is 0.231 e. The van der Waals surface area contributed by atoms with Crippen molar-refractivity contribution in [2.75, 3.05) is 20.4 Å². The molecule has 8 heteroatoms. The van der Waals surface area contributed by atoms with Gasteiger partial charge >= 0.3 is 0 Å². The van der Waals surface area contributed by atoms with E-state index in [1.165, 1.54) is 11.1 Å². The van der Waals surface area contributed by atoms with E-state index in [1.54, 1.807) is 18.4 Å². The molecule has 4 rings (SSSR count). The van der Waals surface area contributed by atoms with Crippen LogP contribution in [0.2, 0.25) is 0 Å². The van der Waals surface area contributed by atoms with Gasteiger partial charge in [-0.2, -0.15) is 0 Å². The smallest absolute Gasteiger partial charge is 0.231 e. The average molecular weight is 536 g/mol. The molecule has 1 aliphatic rings. The number of hydrogen-bond acceptors (Lipinski definition) is 5. The molecule has 0 unspecified atom stereocenters. The minimum atomic E-state index is 0. The number of fused-ring (bicyclic) bond motifs is 1. The first-order chi connectivity index (χ1) is 14.2. The van der Waals surface area contributed by atoms with Crippen LogP contribution < -0.4 is 20.1 Å². The Bertz CT molecular complexity index is 1000. The van der Waals surface area contributed by atoms with E-state index in [2.05, 4.69) is 52.2 Å². The molecule has 0 radical (unpaired) electrons. The van der Waals surface area contributed by atoms with Gasteiger partial charge in [0.2, 0.25) is 6.79 Å². The molecule has 1 aliphatic heterocycles. The van der Waals surface area contributed by atoms with E-state index in [4.69, 9.17) is 14.5 Å². The summed E-state index contributed by atoms with van der Waals surface area (Å²) in [6, 6.07) is 14.4. The van der Waals surface area contributed by atoms with Gasteiger partial charge in [-0.25, -0.2) is 4.98 Å². The molecule has 0 spiro atoms. The summed E-state index contributed by atoms with van der Waals surface area (Å²) in [7, 11) is 1.77. The molecular formula is C22H25IN4O2S. The van der Waals surface area contributed by atoms with Gasteiger partial charge in [0.15, 0.2) is 17.5 Å². The van der Waals surface area contributed by atoms with Crippen molar-refractivity contribution in [2.45, 2.75) is 19.9 Å². The summed E-state index contributed by atoms with van der Waals surface area (Å²) in [5.41, 5.74) is 4.62. The lowest BCUT2D eigenvalue weighted by atomic mass is 10.2. The quantitative estimate of drug-likeness (QED) is 0.278. The summed E-state index contributed by atoms with van der Waals surface area (Å²) in [6.07, 6.45) is 0.840. The molecule has 30 heavy (non-hydrogen) atoms. The highest BCUT2D eigenvalue weighted by molar-refractivity contribution is 14.0. The predicted molar refractivity (Wildman–Crippen MR) is 132 cm³/mol. The second-order valence-electron chi connectivity index (χ2n) is 6.80. The molecule has 6 nitrogen and oxygen atoms in total. The van der Waals surface area contributed by atoms with Crippen LogP contribution in [0.1, 0.15) is 16.8 Å². The SMILES string of the molecule is CN=C(NCCc1csc(-c2ccc(C)cc2)n1)NCc1ccc2c(c1)OCO2.I. The van der Waals surface area contributed by atoms with Crippen molar-refractivity contribution in [3.63, 3.8) is 0 Å². The predicted octanol–water partition coefficient (Wildman–Crippen LogP) is 4.37. The van der Waals surface area contributed by atoms with Gasteiger partial charge in [-0.05, 0) is 24.6 Å². The number of hydrogen-bond donors (Lipinski definition) is 2. The highest BCUT2D eigenvalue weighted by Crippen LogP contribution is 2.32. The summed E-state index contributed by atoms with van der Waals surface area (Å²) in [4.78, 5) is 9.04. The number of nitrogens with zero attached hydrogens (tertiary/aromatic N) is 2. The zero-order valence-corrected chi connectivity index (χ0v) is 20.1. The number of rotatable bonds is 6. The number of ether oxygens (including phenoxy) is 2. The minimum Gasteiger partial charge on any atom is -0.454 e. The lowest BCUT2D eigenvalue weighted by Gasteiger charge is -2.11. The molecule has 0 saturated heterocycles. The molecule has 0 atom stereocenters. The lowest BCUT2D eigenvalue weighted by molar-refractivity contribution is 0.174. The number of guanidine groups is 1. The number of halogens is 1. The van der Waals surface area contributed by atoms with E-state index in [-0.39, 0.29) is 30.8 Å². The number of thiazole rings is 1. The van der Waals surface area contributed by atoms with E-state index in [0.29, 0.717) is 6.54 Å². The maximum absolute atomic E-state index is 5.42. The zero-order valence-electron chi connectivity index (χ0n) is 17.0. The lowest BCUT2D eigenvalue weighted by Crippen LogP contribution is -2.37. The summed E-state index contributed by atoms with van der Waals surface area (Å²) >= 11 is 1.68. The Morgan fingerprint density at radius 1 is 1.10 bits per heavy atom. The molecule has 2 aromatic carbocycles. The van der Waals surface area contributed by atoms with E-state index in [1.807, 2.05) is 18.2 Å². The Morgan fingerprint density at radius 3 is 2.70 bits per heavy atom. The summed E-state index contributed by atoms with van der Waals surface area (Å²) in [5.74, 6) is 2.35. The third-order valence-corrected chi connectivity index (χ3v) is 5.58. The molecular weight excluding hydrogens is 511 g/mol. The first kappa shape index (κ1) is 22.4. The molecule has 0 saturated carbocycles. The van der Waals surface area contributed by atoms with Crippen molar-refractivity contribution in [1.29, 1.82) is 0 Å². The fourth-order valence-electron chi connectivity index (χ4n) is 3.02. The molecule has 0 aliphatic carbocycles. The standard InChI is InChI=1S/C22H24N4O2S.HI/c1-15-3-6-17(7-4-15)21-26-18(13-29-21)9-10-24-22(23-2)25-12-16-5-8-19-20(11-16)28-14-27-19;/h3-8,11,13H,9-10,12,14H2,1-2H3,(H2,23,24,25);1H. The van der Waals surface area contributed by atoms with Crippen molar-refractivity contribution in [2.24, 2.45) is 4.99 Å². The van der Waals surface area contributed by atoms with Crippen LogP contribution in [-0.4, -0.2) is 31.3 Å². The van der Waals surface area contributed by atoms with Crippen LogP contribution in [0, 0.1) is 6.92 Å². The molecule has 1 aromatic heterocycles. The number of nitrogens with one attached hydrogen (secondary N) is 2. The second kappa shape index (κ2) is 10.6. The van der Waals surface area contributed by atoms with E-state index in [0.717, 1.165) is 46.7 Å². The maximum atomic E-state index is 5.42. The summed E-state index contributed by atoms with van der Waals surface area (Å²) in [6.45, 7) is 3.80. The number of aromatic nitrogens is 1. The minimum absolute atomic E-state index is 0. The Hall–Kier alpha value is -2.33. The molecule has 0 fully saturated rings. The van der Waals surface area contributed by atoms with Gasteiger partial charge in [-0.3, -0.25) is 4.99 Å². The van der Waals surface area contributed by atoms with Gasteiger partial charge < -0.3 is 20.1 Å². The van der Waals surface area contributed by atoms with Crippen LogP contribution in [0.15, 0.2) is 52.8 Å². The van der Waals surface area contributed by atoms with Crippen LogP contribution in [-0.2, 0) is 13.0 Å². The van der Waals surface area contributed by atoms with Gasteiger partial charge in [0, 0.05) is 37.5 Å². The summed E-state index contributed by atoms with van der Waals surface area (Å²) in [5, 5.41) is 9.85. The van der Waals surface area contributed by atoms with Crippen LogP contribution in [0.4, 0.5) is 0 Å². The van der Waals surface area contributed by atoms with Gasteiger partial charge in [0.1, 0.15) is 5.01 Å². The molecule has 158 valence electrons. The molecule has 2 heterocycles. The average Bonchev–Trinajstić information content (AvgIpc) is 3.40. The highest BCUT2D eigenvalue weighted by atomic mass is 127. The fraction of sp³-hybridized carbons (Fsp3) is 0.273. The normalized spacial score (nSPS) is 12.4. The largest absolute Gasteiger partial charge is 0.454 e. The molecule has 2 N–H and O–H groups in total. The van der Waals surface area contributed by atoms with E-state index < -0.39 is 0 Å². The van der Waals surface area contributed by atoms with E-state index in [9.17, 15) is 0 Å².